The fourth-order valence-corrected chi connectivity index (χ4v) is 10.5. The fourth-order valence-electron chi connectivity index (χ4n) is 9.02. The fraction of sp³-hybridized carbons (Fsp3) is 0.525. The Bertz CT molecular complexity index is 2210. The maximum Gasteiger partial charge on any atom is 0.419 e. The number of aromatic nitrogens is 4. The standard InChI is InChI=1S/C40H48F3N9O4S/c1-49-35-22-30(9-10-34(35)37(48-49)52-20-15-36(53)47-39(52)54)27-7-5-26(6-8-27)25-50-16-11-28(12-17-50)29-3-2-4-33(21-29)57(55,56)51-18-13-32(14-19-51)46-38-44-23-31(24-45-38)40(41,42)43/h2-4,9-10,21-24,26-28,32H,5-8,11-20,25H2,1H3,(H,44,45,46)(H,47,53,54). The Labute approximate surface area is 330 Å². The van der Waals surface area contributed by atoms with E-state index in [0.29, 0.717) is 47.9 Å². The number of benzene rings is 2. The van der Waals surface area contributed by atoms with Crippen molar-refractivity contribution in [2.75, 3.05) is 49.5 Å². The second-order valence-corrected chi connectivity index (χ2v) is 17.9. The van der Waals surface area contributed by atoms with Gasteiger partial charge in [-0.15, -0.1) is 0 Å². The maximum absolute atomic E-state index is 13.7. The highest BCUT2D eigenvalue weighted by Gasteiger charge is 2.34. The van der Waals surface area contributed by atoms with Crippen LogP contribution in [-0.4, -0.2) is 94.6 Å². The first-order valence-electron chi connectivity index (χ1n) is 19.9. The molecule has 0 atom stereocenters. The molecule has 17 heteroatoms. The van der Waals surface area contributed by atoms with Crippen LogP contribution in [0.2, 0.25) is 0 Å². The van der Waals surface area contributed by atoms with Crippen LogP contribution >= 0.6 is 0 Å². The summed E-state index contributed by atoms with van der Waals surface area (Å²) in [5.41, 5.74) is 2.41. The van der Waals surface area contributed by atoms with Gasteiger partial charge >= 0.3 is 12.2 Å². The van der Waals surface area contributed by atoms with Crippen molar-refractivity contribution in [3.05, 3.63) is 71.5 Å². The molecular formula is C40H48F3N9O4S. The van der Waals surface area contributed by atoms with Crippen molar-refractivity contribution < 1.29 is 31.2 Å². The minimum atomic E-state index is -4.51. The smallest absolute Gasteiger partial charge is 0.351 e. The number of carbonyl (C=O) groups excluding carboxylic acids is 2. The first-order valence-corrected chi connectivity index (χ1v) is 21.3. The highest BCUT2D eigenvalue weighted by Crippen LogP contribution is 2.39. The Kier molecular flexibility index (Phi) is 11.0. The van der Waals surface area contributed by atoms with E-state index in [4.69, 9.17) is 0 Å². The van der Waals surface area contributed by atoms with Crippen LogP contribution in [-0.2, 0) is 28.0 Å². The zero-order valence-electron chi connectivity index (χ0n) is 31.9. The molecule has 8 rings (SSSR count). The van der Waals surface area contributed by atoms with Crippen molar-refractivity contribution >= 4 is 44.6 Å². The number of nitrogens with one attached hydrogen (secondary N) is 2. The lowest BCUT2D eigenvalue weighted by atomic mass is 9.78. The van der Waals surface area contributed by atoms with Gasteiger partial charge in [-0.05, 0) is 118 Å². The average molecular weight is 808 g/mol. The van der Waals surface area contributed by atoms with E-state index >= 15 is 0 Å². The number of carbonyl (C=O) groups is 2. The van der Waals surface area contributed by atoms with Crippen LogP contribution < -0.4 is 15.5 Å². The topological polar surface area (TPSA) is 146 Å². The second-order valence-electron chi connectivity index (χ2n) is 16.0. The number of sulfonamides is 1. The monoisotopic (exact) mass is 807 g/mol. The molecule has 0 unspecified atom stereocenters. The molecule has 3 amide bonds. The molecule has 2 aromatic carbocycles. The van der Waals surface area contributed by atoms with Crippen LogP contribution in [0.15, 0.2) is 59.8 Å². The number of fused-ring (bicyclic) bond motifs is 1. The summed E-state index contributed by atoms with van der Waals surface area (Å²) in [4.78, 5) is 36.1. The van der Waals surface area contributed by atoms with Crippen molar-refractivity contribution in [3.8, 4) is 0 Å². The zero-order valence-corrected chi connectivity index (χ0v) is 32.7. The molecule has 4 aromatic rings. The largest absolute Gasteiger partial charge is 0.419 e. The molecule has 0 bridgehead atoms. The molecule has 1 saturated carbocycles. The van der Waals surface area contributed by atoms with Gasteiger partial charge in [-0.25, -0.2) is 23.2 Å². The van der Waals surface area contributed by atoms with Crippen LogP contribution in [0.5, 0.6) is 0 Å². The van der Waals surface area contributed by atoms with Crippen molar-refractivity contribution in [3.63, 3.8) is 0 Å². The van der Waals surface area contributed by atoms with Gasteiger partial charge < -0.3 is 10.2 Å². The summed E-state index contributed by atoms with van der Waals surface area (Å²) < 4.78 is 69.3. The highest BCUT2D eigenvalue weighted by molar-refractivity contribution is 7.89. The number of alkyl halides is 3. The molecule has 4 aliphatic rings. The van der Waals surface area contributed by atoms with Crippen LogP contribution in [0.1, 0.15) is 86.3 Å². The number of piperidine rings is 2. The van der Waals surface area contributed by atoms with Crippen molar-refractivity contribution in [1.82, 2.24) is 34.3 Å². The first kappa shape index (κ1) is 39.2. The lowest BCUT2D eigenvalue weighted by Crippen LogP contribution is -2.49. The van der Waals surface area contributed by atoms with Crippen molar-refractivity contribution in [1.29, 1.82) is 0 Å². The number of rotatable bonds is 9. The molecule has 304 valence electrons. The Balaban J connectivity index is 0.799. The second kappa shape index (κ2) is 16.0. The van der Waals surface area contributed by atoms with E-state index in [9.17, 15) is 31.2 Å². The van der Waals surface area contributed by atoms with Gasteiger partial charge in [0.15, 0.2) is 5.82 Å². The maximum atomic E-state index is 13.7. The molecule has 5 heterocycles. The number of urea groups is 1. The van der Waals surface area contributed by atoms with Crippen LogP contribution in [0.4, 0.5) is 29.7 Å². The SMILES string of the molecule is Cn1nc(N2CCC(=O)NC2=O)c2ccc(C3CCC(CN4CCC(c5cccc(S(=O)(=O)N6CCC(Nc7ncc(C(F)(F)F)cn7)CC6)c5)CC4)CC3)cc21. The Morgan fingerprint density at radius 2 is 1.53 bits per heavy atom. The van der Waals surface area contributed by atoms with E-state index in [-0.39, 0.29) is 37.4 Å². The van der Waals surface area contributed by atoms with E-state index in [1.807, 2.05) is 29.9 Å². The molecular weight excluding hydrogens is 760 g/mol. The quantitative estimate of drug-likeness (QED) is 0.201. The molecule has 3 saturated heterocycles. The highest BCUT2D eigenvalue weighted by atomic mass is 32.2. The number of hydrogen-bond donors (Lipinski definition) is 2. The molecule has 4 fully saturated rings. The summed E-state index contributed by atoms with van der Waals surface area (Å²) in [5.74, 6) is 1.81. The number of aryl methyl sites for hydroxylation is 1. The third-order valence-electron chi connectivity index (χ3n) is 12.3. The van der Waals surface area contributed by atoms with Gasteiger partial charge in [0.05, 0.1) is 16.0 Å². The summed E-state index contributed by atoms with van der Waals surface area (Å²) in [6.07, 6.45) is 4.73. The number of imide groups is 1. The molecule has 0 radical (unpaired) electrons. The van der Waals surface area contributed by atoms with E-state index in [2.05, 4.69) is 48.8 Å². The first-order chi connectivity index (χ1) is 27.3. The normalized spacial score (nSPS) is 22.6. The molecule has 2 N–H and O–H groups in total. The van der Waals surface area contributed by atoms with Gasteiger partial charge in [-0.3, -0.25) is 19.7 Å². The number of likely N-dealkylation sites (tertiary alicyclic amines) is 1. The molecule has 13 nitrogen and oxygen atoms in total. The molecule has 57 heavy (non-hydrogen) atoms. The van der Waals surface area contributed by atoms with Gasteiger partial charge in [-0.2, -0.15) is 22.6 Å². The predicted molar refractivity (Wildman–Crippen MR) is 208 cm³/mol. The van der Waals surface area contributed by atoms with E-state index in [1.165, 1.54) is 9.87 Å². The van der Waals surface area contributed by atoms with Crippen molar-refractivity contribution in [2.45, 2.75) is 86.7 Å². The van der Waals surface area contributed by atoms with E-state index in [0.717, 1.165) is 87.0 Å². The molecule has 1 aliphatic carbocycles. The Morgan fingerprint density at radius 1 is 0.842 bits per heavy atom. The van der Waals surface area contributed by atoms with Gasteiger partial charge in [0, 0.05) is 63.5 Å². The Hall–Kier alpha value is -4.61. The molecule has 0 spiro atoms. The average Bonchev–Trinajstić information content (AvgIpc) is 3.53. The molecule has 2 aromatic heterocycles. The third kappa shape index (κ3) is 8.51. The van der Waals surface area contributed by atoms with Gasteiger partial charge in [0.2, 0.25) is 21.9 Å². The minimum absolute atomic E-state index is 0.0927. The number of nitrogens with zero attached hydrogens (tertiary/aromatic N) is 7. The van der Waals surface area contributed by atoms with Crippen molar-refractivity contribution in [2.24, 2.45) is 13.0 Å². The zero-order chi connectivity index (χ0) is 39.9. The van der Waals surface area contributed by atoms with Gasteiger partial charge in [-0.1, -0.05) is 18.2 Å². The summed E-state index contributed by atoms with van der Waals surface area (Å²) in [6, 6.07) is 13.2. The summed E-state index contributed by atoms with van der Waals surface area (Å²) in [6.45, 7) is 3.93. The number of amides is 3. The van der Waals surface area contributed by atoms with E-state index < -0.39 is 27.8 Å². The van der Waals surface area contributed by atoms with E-state index in [1.54, 1.807) is 11.0 Å². The lowest BCUT2D eigenvalue weighted by Gasteiger charge is -2.37. The predicted octanol–water partition coefficient (Wildman–Crippen LogP) is 6.25. The lowest BCUT2D eigenvalue weighted by molar-refractivity contribution is -0.138. The Morgan fingerprint density at radius 3 is 2.21 bits per heavy atom. The number of anilines is 2. The number of halogens is 3. The summed E-state index contributed by atoms with van der Waals surface area (Å²) in [5, 5.41) is 11.0. The van der Waals surface area contributed by atoms with Gasteiger partial charge in [0.1, 0.15) is 0 Å². The van der Waals surface area contributed by atoms with Crippen LogP contribution in [0.25, 0.3) is 10.9 Å². The van der Waals surface area contributed by atoms with Crippen LogP contribution in [0, 0.1) is 5.92 Å². The third-order valence-corrected chi connectivity index (χ3v) is 14.2. The van der Waals surface area contributed by atoms with Crippen LogP contribution in [0.3, 0.4) is 0 Å². The minimum Gasteiger partial charge on any atom is -0.351 e. The molecule has 3 aliphatic heterocycles. The summed E-state index contributed by atoms with van der Waals surface area (Å²) in [7, 11) is -1.82. The summed E-state index contributed by atoms with van der Waals surface area (Å²) >= 11 is 0. The number of hydrogen-bond acceptors (Lipinski definition) is 9. The van der Waals surface area contributed by atoms with Gasteiger partial charge in [0.25, 0.3) is 0 Å².